The van der Waals surface area contributed by atoms with E-state index in [0.29, 0.717) is 0 Å². The second kappa shape index (κ2) is 5.86. The van der Waals surface area contributed by atoms with Crippen molar-refractivity contribution in [3.63, 3.8) is 0 Å². The van der Waals surface area contributed by atoms with Crippen molar-refractivity contribution in [2.75, 3.05) is 4.72 Å². The summed E-state index contributed by atoms with van der Waals surface area (Å²) in [5.41, 5.74) is 0.748. The Morgan fingerprint density at radius 1 is 1.20 bits per heavy atom. The highest BCUT2D eigenvalue weighted by Gasteiger charge is 2.14. The van der Waals surface area contributed by atoms with E-state index in [4.69, 9.17) is 16.9 Å². The van der Waals surface area contributed by atoms with E-state index in [1.807, 2.05) is 6.07 Å². The number of benzene rings is 1. The van der Waals surface area contributed by atoms with Crippen molar-refractivity contribution >= 4 is 27.4 Å². The average Bonchev–Trinajstić information content (AvgIpc) is 2.42. The Hall–Kier alpha value is -2.17. The van der Waals surface area contributed by atoms with Crippen LogP contribution in [0.3, 0.4) is 0 Å². The van der Waals surface area contributed by atoms with Crippen molar-refractivity contribution in [1.82, 2.24) is 9.97 Å². The summed E-state index contributed by atoms with van der Waals surface area (Å²) in [5.74, 6) is 0.0792. The topological polar surface area (TPSA) is 95.7 Å². The van der Waals surface area contributed by atoms with Crippen LogP contribution in [0, 0.1) is 11.3 Å². The lowest BCUT2D eigenvalue weighted by Crippen LogP contribution is -2.14. The lowest BCUT2D eigenvalue weighted by molar-refractivity contribution is 0.601. The van der Waals surface area contributed by atoms with Crippen LogP contribution in [0.2, 0.25) is 5.15 Å². The highest BCUT2D eigenvalue weighted by molar-refractivity contribution is 7.92. The van der Waals surface area contributed by atoms with E-state index in [1.165, 1.54) is 24.5 Å². The van der Waals surface area contributed by atoms with Gasteiger partial charge in [-0.25, -0.2) is 18.4 Å². The Balaban J connectivity index is 2.22. The fourth-order valence-corrected chi connectivity index (χ4v) is 2.53. The predicted molar refractivity (Wildman–Crippen MR) is 73.6 cm³/mol. The zero-order valence-electron chi connectivity index (χ0n) is 10.1. The number of hydrogen-bond donors (Lipinski definition) is 1. The molecular weight excluding hydrogens is 300 g/mol. The van der Waals surface area contributed by atoms with Crippen molar-refractivity contribution in [3.05, 3.63) is 47.4 Å². The minimum absolute atomic E-state index is 0.0792. The van der Waals surface area contributed by atoms with Crippen LogP contribution in [-0.2, 0) is 16.4 Å². The number of anilines is 1. The Kier molecular flexibility index (Phi) is 4.17. The number of nitriles is 1. The molecule has 2 rings (SSSR count). The van der Waals surface area contributed by atoms with Gasteiger partial charge in [0.25, 0.3) is 10.0 Å². The van der Waals surface area contributed by atoms with Crippen LogP contribution in [0.4, 0.5) is 5.82 Å². The first kappa shape index (κ1) is 14.2. The largest absolute Gasteiger partial charge is 0.263 e. The van der Waals surface area contributed by atoms with E-state index in [-0.39, 0.29) is 22.3 Å². The molecule has 0 amide bonds. The van der Waals surface area contributed by atoms with Crippen LogP contribution in [0.25, 0.3) is 0 Å². The molecule has 0 radical (unpaired) electrons. The number of nitrogens with one attached hydrogen (secondary N) is 1. The van der Waals surface area contributed by atoms with Gasteiger partial charge in [-0.05, 0) is 17.7 Å². The molecule has 0 aliphatic heterocycles. The minimum atomic E-state index is -3.74. The highest BCUT2D eigenvalue weighted by atomic mass is 35.5. The van der Waals surface area contributed by atoms with Gasteiger partial charge in [-0.1, -0.05) is 23.7 Å². The van der Waals surface area contributed by atoms with Gasteiger partial charge in [-0.2, -0.15) is 5.26 Å². The molecule has 1 aromatic carbocycles. The van der Waals surface area contributed by atoms with E-state index in [9.17, 15) is 8.42 Å². The fourth-order valence-electron chi connectivity index (χ4n) is 1.44. The molecule has 0 aliphatic rings. The molecule has 1 heterocycles. The lowest BCUT2D eigenvalue weighted by Gasteiger charge is -2.07. The Labute approximate surface area is 121 Å². The molecule has 1 aromatic heterocycles. The van der Waals surface area contributed by atoms with Gasteiger partial charge in [0.15, 0.2) is 5.82 Å². The molecule has 0 fully saturated rings. The number of hydrogen-bond acceptors (Lipinski definition) is 5. The van der Waals surface area contributed by atoms with Crippen LogP contribution in [-0.4, -0.2) is 18.4 Å². The van der Waals surface area contributed by atoms with E-state index < -0.39 is 10.0 Å². The Morgan fingerprint density at radius 3 is 2.45 bits per heavy atom. The van der Waals surface area contributed by atoms with E-state index in [2.05, 4.69) is 14.7 Å². The third kappa shape index (κ3) is 3.44. The van der Waals surface area contributed by atoms with Gasteiger partial charge >= 0.3 is 0 Å². The van der Waals surface area contributed by atoms with E-state index in [1.54, 1.807) is 12.1 Å². The zero-order chi connectivity index (χ0) is 14.6. The van der Waals surface area contributed by atoms with Gasteiger partial charge in [-0.3, -0.25) is 4.72 Å². The van der Waals surface area contributed by atoms with Crippen LogP contribution in [0.15, 0.2) is 41.6 Å². The molecule has 0 spiro atoms. The number of rotatable bonds is 4. The third-order valence-corrected chi connectivity index (χ3v) is 3.94. The molecule has 0 atom stereocenters. The summed E-state index contributed by atoms with van der Waals surface area (Å²) < 4.78 is 26.4. The molecule has 0 saturated heterocycles. The van der Waals surface area contributed by atoms with Gasteiger partial charge < -0.3 is 0 Å². The maximum atomic E-state index is 12.1. The molecule has 8 heteroatoms. The number of halogens is 1. The summed E-state index contributed by atoms with van der Waals surface area (Å²) in [5, 5.41) is 8.73. The quantitative estimate of drug-likeness (QED) is 0.932. The van der Waals surface area contributed by atoms with Crippen LogP contribution in [0.5, 0.6) is 0 Å². The van der Waals surface area contributed by atoms with Crippen LogP contribution >= 0.6 is 11.6 Å². The molecule has 0 aliphatic carbocycles. The maximum absolute atomic E-state index is 12.1. The normalized spacial score (nSPS) is 10.8. The highest BCUT2D eigenvalue weighted by Crippen LogP contribution is 2.15. The number of sulfonamides is 1. The summed E-state index contributed by atoms with van der Waals surface area (Å²) in [7, 11) is -3.74. The Morgan fingerprint density at radius 2 is 1.90 bits per heavy atom. The SMILES string of the molecule is N#CCc1ccc(S(=O)(=O)Nc2cnc(Cl)cn2)cc1. The summed E-state index contributed by atoms with van der Waals surface area (Å²) in [6.07, 6.45) is 2.70. The molecule has 0 saturated carbocycles. The first-order chi connectivity index (χ1) is 9.51. The monoisotopic (exact) mass is 308 g/mol. The van der Waals surface area contributed by atoms with Gasteiger partial charge in [0.05, 0.1) is 29.8 Å². The average molecular weight is 309 g/mol. The van der Waals surface area contributed by atoms with E-state index in [0.717, 1.165) is 5.56 Å². The predicted octanol–water partition coefficient (Wildman–Crippen LogP) is 2.00. The zero-order valence-corrected chi connectivity index (χ0v) is 11.7. The summed E-state index contributed by atoms with van der Waals surface area (Å²) in [6.45, 7) is 0. The fraction of sp³-hybridized carbons (Fsp3) is 0.0833. The summed E-state index contributed by atoms with van der Waals surface area (Å²) in [4.78, 5) is 7.62. The summed E-state index contributed by atoms with van der Waals surface area (Å²) >= 11 is 5.57. The number of nitrogens with zero attached hydrogens (tertiary/aromatic N) is 3. The molecule has 2 aromatic rings. The third-order valence-electron chi connectivity index (χ3n) is 2.38. The second-order valence-corrected chi connectivity index (χ2v) is 5.88. The molecule has 6 nitrogen and oxygen atoms in total. The lowest BCUT2D eigenvalue weighted by atomic mass is 10.2. The van der Waals surface area contributed by atoms with Crippen molar-refractivity contribution in [2.45, 2.75) is 11.3 Å². The molecular formula is C12H9ClN4O2S. The van der Waals surface area contributed by atoms with Gasteiger partial charge in [-0.15, -0.1) is 0 Å². The van der Waals surface area contributed by atoms with Gasteiger partial charge in [0, 0.05) is 0 Å². The molecule has 0 unspecified atom stereocenters. The first-order valence-electron chi connectivity index (χ1n) is 5.47. The summed E-state index contributed by atoms with van der Waals surface area (Å²) in [6, 6.07) is 8.03. The van der Waals surface area contributed by atoms with Gasteiger partial charge in [0.1, 0.15) is 5.15 Å². The Bertz CT molecular complexity index is 737. The molecule has 1 N–H and O–H groups in total. The van der Waals surface area contributed by atoms with Crippen LogP contribution < -0.4 is 4.72 Å². The number of aromatic nitrogens is 2. The van der Waals surface area contributed by atoms with Gasteiger partial charge in [0.2, 0.25) is 0 Å². The first-order valence-corrected chi connectivity index (χ1v) is 7.33. The van der Waals surface area contributed by atoms with Crippen LogP contribution in [0.1, 0.15) is 5.56 Å². The second-order valence-electron chi connectivity index (χ2n) is 3.81. The minimum Gasteiger partial charge on any atom is -0.262 e. The molecule has 0 bridgehead atoms. The van der Waals surface area contributed by atoms with Crippen molar-refractivity contribution in [3.8, 4) is 6.07 Å². The van der Waals surface area contributed by atoms with Crippen molar-refractivity contribution < 1.29 is 8.42 Å². The van der Waals surface area contributed by atoms with Crippen molar-refractivity contribution in [2.24, 2.45) is 0 Å². The molecule has 20 heavy (non-hydrogen) atoms. The maximum Gasteiger partial charge on any atom is 0.263 e. The standard InChI is InChI=1S/C12H9ClN4O2S/c13-11-7-16-12(8-15-11)17-20(18,19)10-3-1-9(2-4-10)5-6-14/h1-4,7-8H,5H2,(H,16,17). The smallest absolute Gasteiger partial charge is 0.262 e. The van der Waals surface area contributed by atoms with Crippen molar-refractivity contribution in [1.29, 1.82) is 5.26 Å². The van der Waals surface area contributed by atoms with E-state index >= 15 is 0 Å². The molecule has 102 valence electrons.